The first-order valence-electron chi connectivity index (χ1n) is 7.29. The Morgan fingerprint density at radius 3 is 2.09 bits per heavy atom. The van der Waals surface area contributed by atoms with E-state index in [0.717, 1.165) is 25.3 Å². The van der Waals surface area contributed by atoms with Gasteiger partial charge in [-0.05, 0) is 42.0 Å². The minimum Gasteiger partial charge on any atom is -0.362 e. The maximum atomic E-state index is 8.92. The van der Waals surface area contributed by atoms with Crippen molar-refractivity contribution in [3.63, 3.8) is 0 Å². The van der Waals surface area contributed by atoms with Crippen LogP contribution in [0.3, 0.4) is 0 Å². The number of benzene rings is 2. The second-order valence-electron chi connectivity index (χ2n) is 5.31. The molecule has 0 saturated carbocycles. The summed E-state index contributed by atoms with van der Waals surface area (Å²) in [7, 11) is 0. The number of nitriles is 2. The Hall–Kier alpha value is -2.82. The van der Waals surface area contributed by atoms with E-state index in [4.69, 9.17) is 10.5 Å². The first-order chi connectivity index (χ1) is 10.8. The molecule has 108 valence electrons. The zero-order valence-electron chi connectivity index (χ0n) is 12.2. The van der Waals surface area contributed by atoms with Crippen molar-refractivity contribution >= 4 is 5.69 Å². The van der Waals surface area contributed by atoms with Gasteiger partial charge in [0.15, 0.2) is 0 Å². The van der Waals surface area contributed by atoms with Crippen molar-refractivity contribution in [2.45, 2.75) is 6.04 Å². The number of hydrogen-bond acceptors (Lipinski definition) is 4. The highest BCUT2D eigenvalue weighted by atomic mass is 15.2. The van der Waals surface area contributed by atoms with Gasteiger partial charge >= 0.3 is 0 Å². The van der Waals surface area contributed by atoms with Gasteiger partial charge in [0.05, 0.1) is 29.3 Å². The van der Waals surface area contributed by atoms with Crippen molar-refractivity contribution in [2.75, 3.05) is 24.5 Å². The fourth-order valence-electron chi connectivity index (χ4n) is 2.82. The highest BCUT2D eigenvalue weighted by Gasteiger charge is 2.23. The van der Waals surface area contributed by atoms with Crippen molar-refractivity contribution in [1.82, 2.24) is 5.32 Å². The molecule has 0 spiro atoms. The highest BCUT2D eigenvalue weighted by molar-refractivity contribution is 5.52. The van der Waals surface area contributed by atoms with Gasteiger partial charge in [-0.25, -0.2) is 0 Å². The molecule has 0 bridgehead atoms. The lowest BCUT2D eigenvalue weighted by Gasteiger charge is -2.38. The highest BCUT2D eigenvalue weighted by Crippen LogP contribution is 2.28. The predicted octanol–water partition coefficient (Wildman–Crippen LogP) is 2.58. The van der Waals surface area contributed by atoms with Gasteiger partial charge < -0.3 is 10.2 Å². The van der Waals surface area contributed by atoms with Crippen molar-refractivity contribution in [3.05, 3.63) is 65.2 Å². The van der Waals surface area contributed by atoms with Crippen molar-refractivity contribution in [3.8, 4) is 12.1 Å². The summed E-state index contributed by atoms with van der Waals surface area (Å²) in [6.07, 6.45) is 0. The third kappa shape index (κ3) is 2.79. The number of anilines is 1. The summed E-state index contributed by atoms with van der Waals surface area (Å²) in [6, 6.07) is 20.0. The van der Waals surface area contributed by atoms with Crippen LogP contribution in [0.15, 0.2) is 48.5 Å². The van der Waals surface area contributed by atoms with Gasteiger partial charge in [-0.2, -0.15) is 10.5 Å². The molecule has 4 nitrogen and oxygen atoms in total. The summed E-state index contributed by atoms with van der Waals surface area (Å²) >= 11 is 0. The summed E-state index contributed by atoms with van der Waals surface area (Å²) in [6.45, 7) is 2.72. The second-order valence-corrected chi connectivity index (χ2v) is 5.31. The first kappa shape index (κ1) is 14.1. The number of nitrogens with one attached hydrogen (secondary N) is 1. The van der Waals surface area contributed by atoms with Crippen LogP contribution in [0, 0.1) is 22.7 Å². The molecule has 0 aliphatic carbocycles. The van der Waals surface area contributed by atoms with E-state index in [9.17, 15) is 0 Å². The Morgan fingerprint density at radius 1 is 0.909 bits per heavy atom. The molecule has 1 heterocycles. The minimum absolute atomic E-state index is 0.231. The molecule has 4 heteroatoms. The molecular formula is C18H16N4. The van der Waals surface area contributed by atoms with E-state index in [1.165, 1.54) is 5.56 Å². The van der Waals surface area contributed by atoms with E-state index >= 15 is 0 Å². The topological polar surface area (TPSA) is 62.9 Å². The Balaban J connectivity index is 1.90. The van der Waals surface area contributed by atoms with Crippen LogP contribution in [0.1, 0.15) is 22.7 Å². The normalized spacial score (nSPS) is 17.5. The van der Waals surface area contributed by atoms with Gasteiger partial charge in [0.1, 0.15) is 0 Å². The van der Waals surface area contributed by atoms with Crippen LogP contribution in [0.25, 0.3) is 0 Å². The van der Waals surface area contributed by atoms with Crippen LogP contribution in [-0.2, 0) is 0 Å². The molecule has 0 aromatic heterocycles. The molecule has 2 aromatic carbocycles. The van der Waals surface area contributed by atoms with E-state index in [1.807, 2.05) is 48.5 Å². The molecule has 3 rings (SSSR count). The van der Waals surface area contributed by atoms with Crippen LogP contribution < -0.4 is 10.2 Å². The van der Waals surface area contributed by atoms with Crippen LogP contribution in [0.5, 0.6) is 0 Å². The lowest BCUT2D eigenvalue weighted by atomic mass is 10.0. The summed E-state index contributed by atoms with van der Waals surface area (Å²) in [5.41, 5.74) is 3.66. The fraction of sp³-hybridized carbons (Fsp3) is 0.222. The molecule has 22 heavy (non-hydrogen) atoms. The summed E-state index contributed by atoms with van der Waals surface area (Å²) in [5, 5.41) is 21.3. The molecule has 0 radical (unpaired) electrons. The Kier molecular flexibility index (Phi) is 4.05. The molecular weight excluding hydrogens is 272 g/mol. The van der Waals surface area contributed by atoms with Crippen molar-refractivity contribution in [1.29, 1.82) is 10.5 Å². The fourth-order valence-corrected chi connectivity index (χ4v) is 2.82. The number of piperazine rings is 1. The standard InChI is InChI=1S/C18H16N4/c19-11-14-1-5-16(6-2-14)18-13-21-9-10-22(18)17-7-3-15(12-20)4-8-17/h1-8,18,21H,9-10,13H2. The maximum Gasteiger partial charge on any atom is 0.0991 e. The predicted molar refractivity (Wildman–Crippen MR) is 85.3 cm³/mol. The average molecular weight is 288 g/mol. The molecule has 1 fully saturated rings. The van der Waals surface area contributed by atoms with Crippen molar-refractivity contribution in [2.24, 2.45) is 0 Å². The van der Waals surface area contributed by atoms with Gasteiger partial charge in [0.2, 0.25) is 0 Å². The van der Waals surface area contributed by atoms with Crippen molar-refractivity contribution < 1.29 is 0 Å². The summed E-state index contributed by atoms with van der Waals surface area (Å²) in [5.74, 6) is 0. The van der Waals surface area contributed by atoms with Crippen LogP contribution in [0.2, 0.25) is 0 Å². The number of hydrogen-bond donors (Lipinski definition) is 1. The third-order valence-corrected chi connectivity index (χ3v) is 4.00. The lowest BCUT2D eigenvalue weighted by Crippen LogP contribution is -2.46. The zero-order valence-corrected chi connectivity index (χ0v) is 12.2. The first-order valence-corrected chi connectivity index (χ1v) is 7.29. The van der Waals surface area contributed by atoms with Gasteiger partial charge in [-0.1, -0.05) is 12.1 Å². The second kappa shape index (κ2) is 6.30. The molecule has 1 aliphatic rings. The third-order valence-electron chi connectivity index (χ3n) is 4.00. The van der Waals surface area contributed by atoms with Gasteiger partial charge in [0, 0.05) is 25.3 Å². The summed E-state index contributed by atoms with van der Waals surface area (Å²) < 4.78 is 0. The molecule has 1 aliphatic heterocycles. The molecule has 1 atom stereocenters. The van der Waals surface area contributed by atoms with Gasteiger partial charge in [-0.3, -0.25) is 0 Å². The zero-order chi connectivity index (χ0) is 15.4. The largest absolute Gasteiger partial charge is 0.362 e. The molecule has 0 amide bonds. The van der Waals surface area contributed by atoms with E-state index in [0.29, 0.717) is 11.1 Å². The lowest BCUT2D eigenvalue weighted by molar-refractivity contribution is 0.490. The molecule has 1 N–H and O–H groups in total. The number of nitrogens with zero attached hydrogens (tertiary/aromatic N) is 3. The van der Waals surface area contributed by atoms with Gasteiger partial charge in [-0.15, -0.1) is 0 Å². The van der Waals surface area contributed by atoms with Gasteiger partial charge in [0.25, 0.3) is 0 Å². The van der Waals surface area contributed by atoms with Crippen LogP contribution >= 0.6 is 0 Å². The Bertz CT molecular complexity index is 654. The van der Waals surface area contributed by atoms with E-state index in [2.05, 4.69) is 22.4 Å². The van der Waals surface area contributed by atoms with E-state index < -0.39 is 0 Å². The van der Waals surface area contributed by atoms with E-state index in [1.54, 1.807) is 0 Å². The smallest absolute Gasteiger partial charge is 0.0991 e. The van der Waals surface area contributed by atoms with Crippen LogP contribution in [0.4, 0.5) is 5.69 Å². The Morgan fingerprint density at radius 2 is 1.50 bits per heavy atom. The monoisotopic (exact) mass is 288 g/mol. The SMILES string of the molecule is N#Cc1ccc(C2CNCCN2c2ccc(C#N)cc2)cc1. The van der Waals surface area contributed by atoms with E-state index in [-0.39, 0.29) is 6.04 Å². The minimum atomic E-state index is 0.231. The average Bonchev–Trinajstić information content (AvgIpc) is 2.62. The molecule has 1 unspecified atom stereocenters. The molecule has 2 aromatic rings. The number of rotatable bonds is 2. The molecule has 1 saturated heterocycles. The quantitative estimate of drug-likeness (QED) is 0.922. The Labute approximate surface area is 130 Å². The maximum absolute atomic E-state index is 8.92. The summed E-state index contributed by atoms with van der Waals surface area (Å²) in [4.78, 5) is 2.35. The van der Waals surface area contributed by atoms with Crippen LogP contribution in [-0.4, -0.2) is 19.6 Å².